The molecule has 3 aromatic heterocycles. The summed E-state index contributed by atoms with van der Waals surface area (Å²) in [5.41, 5.74) is 0.838. The van der Waals surface area contributed by atoms with Crippen LogP contribution < -0.4 is 15.8 Å². The first-order chi connectivity index (χ1) is 12.6. The minimum atomic E-state index is -0.466. The molecule has 134 valence electrons. The van der Waals surface area contributed by atoms with Gasteiger partial charge < -0.3 is 24.4 Å². The number of nitrogens with zero attached hydrogens (tertiary/aromatic N) is 3. The number of rotatable bonds is 3. The number of carbonyl (C=O) groups excluding carboxylic acids is 1. The number of pyridine rings is 1. The van der Waals surface area contributed by atoms with Crippen LogP contribution in [0.15, 0.2) is 33.9 Å². The van der Waals surface area contributed by atoms with Crippen LogP contribution in [0.4, 0.5) is 11.5 Å². The van der Waals surface area contributed by atoms with E-state index in [-0.39, 0.29) is 16.7 Å². The van der Waals surface area contributed by atoms with Gasteiger partial charge in [0.1, 0.15) is 17.0 Å². The van der Waals surface area contributed by atoms with E-state index in [0.717, 1.165) is 18.8 Å². The molecule has 1 amide bonds. The zero-order valence-corrected chi connectivity index (χ0v) is 14.1. The normalized spacial score (nSPS) is 14.6. The topological polar surface area (TPSA) is 113 Å². The lowest BCUT2D eigenvalue weighted by Gasteiger charge is -2.28. The molecule has 0 radical (unpaired) electrons. The van der Waals surface area contributed by atoms with E-state index >= 15 is 0 Å². The van der Waals surface area contributed by atoms with Gasteiger partial charge in [-0.05, 0) is 19.1 Å². The number of fused-ring (bicyclic) bond motifs is 1. The van der Waals surface area contributed by atoms with Crippen molar-refractivity contribution in [3.05, 3.63) is 46.3 Å². The van der Waals surface area contributed by atoms with E-state index in [1.807, 2.05) is 6.07 Å². The molecule has 9 heteroatoms. The third-order valence-electron chi connectivity index (χ3n) is 4.26. The number of H-pyrrole nitrogens is 1. The number of aromatic amines is 1. The molecule has 4 rings (SSSR count). The fourth-order valence-corrected chi connectivity index (χ4v) is 2.97. The lowest BCUT2D eigenvalue weighted by atomic mass is 10.2. The number of nitrogens with one attached hydrogen (secondary N) is 2. The van der Waals surface area contributed by atoms with Gasteiger partial charge in [0.2, 0.25) is 5.71 Å². The maximum atomic E-state index is 12.6. The van der Waals surface area contributed by atoms with Crippen LogP contribution >= 0.6 is 0 Å². The summed E-state index contributed by atoms with van der Waals surface area (Å²) >= 11 is 0. The minimum absolute atomic E-state index is 0.132. The van der Waals surface area contributed by atoms with E-state index in [1.54, 1.807) is 19.2 Å². The average Bonchev–Trinajstić information content (AvgIpc) is 3.00. The minimum Gasteiger partial charge on any atom is -0.442 e. The molecule has 1 aliphatic rings. The predicted molar refractivity (Wildman–Crippen MR) is 94.6 cm³/mol. The summed E-state index contributed by atoms with van der Waals surface area (Å²) in [7, 11) is 0. The molecule has 0 aliphatic carbocycles. The summed E-state index contributed by atoms with van der Waals surface area (Å²) in [6.45, 7) is 4.61. The first kappa shape index (κ1) is 16.3. The number of morpholine rings is 1. The highest BCUT2D eigenvalue weighted by Gasteiger charge is 2.22. The summed E-state index contributed by atoms with van der Waals surface area (Å²) in [4.78, 5) is 37.5. The molecule has 3 aromatic rings. The van der Waals surface area contributed by atoms with Crippen LogP contribution in [-0.2, 0) is 4.74 Å². The van der Waals surface area contributed by atoms with Gasteiger partial charge in [-0.25, -0.2) is 9.97 Å². The molecule has 0 atom stereocenters. The molecular weight excluding hydrogens is 338 g/mol. The molecule has 2 N–H and O–H groups in total. The first-order valence-corrected chi connectivity index (χ1v) is 8.20. The van der Waals surface area contributed by atoms with Gasteiger partial charge in [0, 0.05) is 13.1 Å². The first-order valence-electron chi connectivity index (χ1n) is 8.20. The molecule has 9 nitrogen and oxygen atoms in total. The van der Waals surface area contributed by atoms with Crippen LogP contribution in [0.3, 0.4) is 0 Å². The summed E-state index contributed by atoms with van der Waals surface area (Å²) in [6.07, 6.45) is 2.94. The monoisotopic (exact) mass is 355 g/mol. The maximum Gasteiger partial charge on any atom is 0.262 e. The van der Waals surface area contributed by atoms with E-state index in [2.05, 4.69) is 25.2 Å². The molecular formula is C17H17N5O4. The number of carbonyl (C=O) groups is 1. The number of aryl methyl sites for hydroxylation is 1. The maximum absolute atomic E-state index is 12.6. The summed E-state index contributed by atoms with van der Waals surface area (Å²) in [5, 5.41) is 2.83. The van der Waals surface area contributed by atoms with Crippen molar-refractivity contribution < 1.29 is 13.9 Å². The summed E-state index contributed by atoms with van der Waals surface area (Å²) < 4.78 is 10.7. The molecule has 1 aliphatic heterocycles. The fraction of sp³-hybridized carbons (Fsp3) is 0.294. The van der Waals surface area contributed by atoms with Crippen molar-refractivity contribution in [1.29, 1.82) is 0 Å². The second-order valence-corrected chi connectivity index (χ2v) is 5.90. The molecule has 0 saturated carbocycles. The number of hydrogen-bond acceptors (Lipinski definition) is 7. The Morgan fingerprint density at radius 2 is 2.08 bits per heavy atom. The lowest BCUT2D eigenvalue weighted by molar-refractivity contribution is 0.102. The Balaban J connectivity index is 1.57. The molecule has 1 fully saturated rings. The number of furan rings is 1. The third-order valence-corrected chi connectivity index (χ3v) is 4.26. The Morgan fingerprint density at radius 3 is 2.81 bits per heavy atom. The van der Waals surface area contributed by atoms with Gasteiger partial charge in [0.25, 0.3) is 11.5 Å². The van der Waals surface area contributed by atoms with Crippen LogP contribution in [0.1, 0.15) is 16.1 Å². The summed E-state index contributed by atoms with van der Waals surface area (Å²) in [5.74, 6) is 0.249. The molecule has 0 spiro atoms. The van der Waals surface area contributed by atoms with Crippen molar-refractivity contribution in [3.8, 4) is 0 Å². The van der Waals surface area contributed by atoms with Gasteiger partial charge in [-0.1, -0.05) is 0 Å². The van der Waals surface area contributed by atoms with Crippen molar-refractivity contribution in [2.24, 2.45) is 0 Å². The van der Waals surface area contributed by atoms with Gasteiger partial charge >= 0.3 is 0 Å². The number of anilines is 2. The fourth-order valence-electron chi connectivity index (χ4n) is 2.97. The summed E-state index contributed by atoms with van der Waals surface area (Å²) in [6, 6.07) is 3.62. The molecule has 0 unspecified atom stereocenters. The van der Waals surface area contributed by atoms with Gasteiger partial charge in [0.15, 0.2) is 0 Å². The van der Waals surface area contributed by atoms with E-state index in [0.29, 0.717) is 24.8 Å². The molecule has 0 bridgehead atoms. The van der Waals surface area contributed by atoms with E-state index in [4.69, 9.17) is 9.15 Å². The van der Waals surface area contributed by atoms with Crippen LogP contribution in [-0.4, -0.2) is 47.2 Å². The van der Waals surface area contributed by atoms with Gasteiger partial charge in [-0.3, -0.25) is 9.59 Å². The highest BCUT2D eigenvalue weighted by molar-refractivity contribution is 6.12. The second-order valence-electron chi connectivity index (χ2n) is 5.90. The molecule has 26 heavy (non-hydrogen) atoms. The van der Waals surface area contributed by atoms with E-state index < -0.39 is 11.5 Å². The Labute approximate surface area is 148 Å². The Kier molecular flexibility index (Phi) is 4.13. The highest BCUT2D eigenvalue weighted by atomic mass is 16.5. The van der Waals surface area contributed by atoms with Crippen molar-refractivity contribution in [3.63, 3.8) is 0 Å². The zero-order valence-electron chi connectivity index (χ0n) is 14.1. The number of ether oxygens (including phenoxy) is 1. The Bertz CT molecular complexity index is 1000. The number of amides is 1. The Hall–Kier alpha value is -3.20. The predicted octanol–water partition coefficient (Wildman–Crippen LogP) is 1.31. The van der Waals surface area contributed by atoms with Gasteiger partial charge in [-0.2, -0.15) is 0 Å². The number of aromatic nitrogens is 3. The molecule has 0 aromatic carbocycles. The lowest BCUT2D eigenvalue weighted by Crippen LogP contribution is -2.36. The largest absolute Gasteiger partial charge is 0.442 e. The molecule has 4 heterocycles. The van der Waals surface area contributed by atoms with E-state index in [9.17, 15) is 9.59 Å². The van der Waals surface area contributed by atoms with E-state index in [1.165, 1.54) is 6.33 Å². The second kappa shape index (κ2) is 6.60. The average molecular weight is 355 g/mol. The SMILES string of the molecule is Cc1oc2nc[nH]c(=O)c2c1C(=O)Nc1ccc(N2CCOCC2)cn1. The Morgan fingerprint density at radius 1 is 1.27 bits per heavy atom. The van der Waals surface area contributed by atoms with Gasteiger partial charge in [-0.15, -0.1) is 0 Å². The van der Waals surface area contributed by atoms with Crippen molar-refractivity contribution >= 4 is 28.5 Å². The third kappa shape index (κ3) is 2.93. The zero-order chi connectivity index (χ0) is 18.1. The van der Waals surface area contributed by atoms with Crippen LogP contribution in [0.2, 0.25) is 0 Å². The van der Waals surface area contributed by atoms with Crippen LogP contribution in [0.25, 0.3) is 11.1 Å². The molecule has 1 saturated heterocycles. The highest BCUT2D eigenvalue weighted by Crippen LogP contribution is 2.22. The van der Waals surface area contributed by atoms with Crippen LogP contribution in [0, 0.1) is 6.92 Å². The van der Waals surface area contributed by atoms with Crippen molar-refractivity contribution in [2.45, 2.75) is 6.92 Å². The quantitative estimate of drug-likeness (QED) is 0.728. The number of hydrogen-bond donors (Lipinski definition) is 2. The van der Waals surface area contributed by atoms with Crippen molar-refractivity contribution in [2.75, 3.05) is 36.5 Å². The van der Waals surface area contributed by atoms with Crippen molar-refractivity contribution in [1.82, 2.24) is 15.0 Å². The standard InChI is InChI=1S/C17H17N5O4/c1-10-13(14-15(23)19-9-20-17(14)26-10)16(24)21-12-3-2-11(8-18-12)22-4-6-25-7-5-22/h2-3,8-9H,4-7H2,1H3,(H,18,21,24)(H,19,20,23). The van der Waals surface area contributed by atoms with Crippen LogP contribution in [0.5, 0.6) is 0 Å². The smallest absolute Gasteiger partial charge is 0.262 e. The van der Waals surface area contributed by atoms with Gasteiger partial charge in [0.05, 0.1) is 37.0 Å².